The first kappa shape index (κ1) is 14.8. The topological polar surface area (TPSA) is 73.9 Å². The number of hydrogen-bond donors (Lipinski definition) is 2. The molecule has 6 heteroatoms. The van der Waals surface area contributed by atoms with Crippen LogP contribution in [0.1, 0.15) is 21.5 Å². The van der Waals surface area contributed by atoms with E-state index in [1.807, 2.05) is 0 Å². The monoisotopic (exact) mass is 321 g/mol. The Kier molecular flexibility index (Phi) is 3.96. The minimum absolute atomic E-state index is 0.0719. The summed E-state index contributed by atoms with van der Waals surface area (Å²) in [5.74, 6) is -0.0719. The van der Waals surface area contributed by atoms with Gasteiger partial charge in [0.05, 0.1) is 0 Å². The Morgan fingerprint density at radius 3 is 2.88 bits per heavy atom. The number of carbonyl (C=O) groups is 1. The fraction of sp³-hybridized carbons (Fsp3) is 0.278. The number of aromatic amines is 1. The predicted octanol–water partition coefficient (Wildman–Crippen LogP) is 1.75. The van der Waals surface area contributed by atoms with Gasteiger partial charge in [0.15, 0.2) is 0 Å². The van der Waals surface area contributed by atoms with Crippen LogP contribution in [-0.4, -0.2) is 45.9 Å². The summed E-state index contributed by atoms with van der Waals surface area (Å²) in [6.45, 7) is 3.48. The van der Waals surface area contributed by atoms with Crippen molar-refractivity contribution in [2.24, 2.45) is 0 Å². The number of nitrogens with zero attached hydrogens (tertiary/aromatic N) is 3. The summed E-state index contributed by atoms with van der Waals surface area (Å²) in [5.41, 5.74) is 4.92. The molecule has 122 valence electrons. The zero-order chi connectivity index (χ0) is 16.4. The Morgan fingerprint density at radius 2 is 1.96 bits per heavy atom. The van der Waals surface area contributed by atoms with Gasteiger partial charge in [-0.1, -0.05) is 24.3 Å². The van der Waals surface area contributed by atoms with Crippen LogP contribution in [0.2, 0.25) is 0 Å². The molecule has 0 bridgehead atoms. The van der Waals surface area contributed by atoms with E-state index in [0.29, 0.717) is 17.6 Å². The minimum atomic E-state index is -0.0719. The van der Waals surface area contributed by atoms with E-state index in [9.17, 15) is 4.79 Å². The van der Waals surface area contributed by atoms with Gasteiger partial charge < -0.3 is 5.32 Å². The summed E-state index contributed by atoms with van der Waals surface area (Å²) in [6, 6.07) is 13.9. The van der Waals surface area contributed by atoms with Crippen LogP contribution in [0.4, 0.5) is 0 Å². The molecule has 1 amide bonds. The van der Waals surface area contributed by atoms with E-state index in [1.54, 1.807) is 18.2 Å². The third-order valence-electron chi connectivity index (χ3n) is 4.50. The number of nitrogens with one attached hydrogen (secondary N) is 2. The molecule has 0 saturated heterocycles. The lowest BCUT2D eigenvalue weighted by Crippen LogP contribution is -2.37. The molecule has 0 fully saturated rings. The normalized spacial score (nSPS) is 14.5. The largest absolute Gasteiger partial charge is 0.351 e. The van der Waals surface area contributed by atoms with Crippen LogP contribution in [-0.2, 0) is 13.0 Å². The molecule has 2 aromatic carbocycles. The second-order valence-corrected chi connectivity index (χ2v) is 6.08. The van der Waals surface area contributed by atoms with Crippen molar-refractivity contribution < 1.29 is 4.79 Å². The SMILES string of the molecule is O=C(NCCN1CCc2ccccc2C1)c1ccc2n[nH]nc2c1. The third-order valence-corrected chi connectivity index (χ3v) is 4.50. The molecule has 3 aromatic rings. The number of rotatable bonds is 4. The highest BCUT2D eigenvalue weighted by Gasteiger charge is 2.15. The number of H-pyrrole nitrogens is 1. The van der Waals surface area contributed by atoms with Crippen molar-refractivity contribution in [3.05, 3.63) is 59.2 Å². The van der Waals surface area contributed by atoms with Crippen molar-refractivity contribution in [3.8, 4) is 0 Å². The first-order chi connectivity index (χ1) is 11.8. The van der Waals surface area contributed by atoms with Crippen molar-refractivity contribution in [2.75, 3.05) is 19.6 Å². The Labute approximate surface area is 139 Å². The molecule has 1 aromatic heterocycles. The fourth-order valence-electron chi connectivity index (χ4n) is 3.16. The molecule has 0 atom stereocenters. The minimum Gasteiger partial charge on any atom is -0.351 e. The quantitative estimate of drug-likeness (QED) is 0.768. The summed E-state index contributed by atoms with van der Waals surface area (Å²) < 4.78 is 0. The molecule has 4 rings (SSSR count). The third kappa shape index (κ3) is 3.00. The summed E-state index contributed by atoms with van der Waals surface area (Å²) in [4.78, 5) is 14.6. The lowest BCUT2D eigenvalue weighted by molar-refractivity contribution is 0.0947. The maximum Gasteiger partial charge on any atom is 0.251 e. The van der Waals surface area contributed by atoms with Crippen molar-refractivity contribution in [1.29, 1.82) is 0 Å². The molecule has 0 saturated carbocycles. The van der Waals surface area contributed by atoms with Gasteiger partial charge >= 0.3 is 0 Å². The van der Waals surface area contributed by atoms with E-state index in [4.69, 9.17) is 0 Å². The zero-order valence-corrected chi connectivity index (χ0v) is 13.3. The van der Waals surface area contributed by atoms with Gasteiger partial charge in [-0.2, -0.15) is 15.4 Å². The number of benzene rings is 2. The highest BCUT2D eigenvalue weighted by Crippen LogP contribution is 2.17. The molecule has 0 aliphatic carbocycles. The molecular formula is C18H19N5O. The fourth-order valence-corrected chi connectivity index (χ4v) is 3.16. The molecule has 2 heterocycles. The molecule has 0 radical (unpaired) electrons. The van der Waals surface area contributed by atoms with Crippen LogP contribution in [0.25, 0.3) is 11.0 Å². The maximum atomic E-state index is 12.3. The second-order valence-electron chi connectivity index (χ2n) is 6.08. The summed E-state index contributed by atoms with van der Waals surface area (Å²) >= 11 is 0. The van der Waals surface area contributed by atoms with E-state index in [-0.39, 0.29) is 5.91 Å². The van der Waals surface area contributed by atoms with Gasteiger partial charge in [-0.25, -0.2) is 0 Å². The van der Waals surface area contributed by atoms with Gasteiger partial charge in [-0.05, 0) is 35.7 Å². The van der Waals surface area contributed by atoms with Gasteiger partial charge in [-0.15, -0.1) is 0 Å². The number of amides is 1. The van der Waals surface area contributed by atoms with Crippen LogP contribution in [0.3, 0.4) is 0 Å². The maximum absolute atomic E-state index is 12.3. The average Bonchev–Trinajstić information content (AvgIpc) is 3.09. The summed E-state index contributed by atoms with van der Waals surface area (Å²) in [5, 5.41) is 13.5. The lowest BCUT2D eigenvalue weighted by Gasteiger charge is -2.28. The first-order valence-electron chi connectivity index (χ1n) is 8.17. The Morgan fingerprint density at radius 1 is 1.12 bits per heavy atom. The number of fused-ring (bicyclic) bond motifs is 2. The van der Waals surface area contributed by atoms with Gasteiger partial charge in [0, 0.05) is 31.7 Å². The molecule has 0 unspecified atom stereocenters. The average molecular weight is 321 g/mol. The summed E-state index contributed by atoms with van der Waals surface area (Å²) in [7, 11) is 0. The Hall–Kier alpha value is -2.73. The van der Waals surface area contributed by atoms with Crippen molar-refractivity contribution in [1.82, 2.24) is 25.6 Å². The summed E-state index contributed by atoms with van der Waals surface area (Å²) in [6.07, 6.45) is 1.08. The van der Waals surface area contributed by atoms with Crippen molar-refractivity contribution in [3.63, 3.8) is 0 Å². The van der Waals surface area contributed by atoms with E-state index < -0.39 is 0 Å². The van der Waals surface area contributed by atoms with Crippen LogP contribution >= 0.6 is 0 Å². The van der Waals surface area contributed by atoms with Gasteiger partial charge in [-0.3, -0.25) is 9.69 Å². The molecule has 1 aliphatic heterocycles. The van der Waals surface area contributed by atoms with Crippen molar-refractivity contribution in [2.45, 2.75) is 13.0 Å². The van der Waals surface area contributed by atoms with Crippen molar-refractivity contribution >= 4 is 16.9 Å². The molecule has 0 spiro atoms. The molecular weight excluding hydrogens is 302 g/mol. The predicted molar refractivity (Wildman–Crippen MR) is 91.6 cm³/mol. The van der Waals surface area contributed by atoms with E-state index in [2.05, 4.69) is 49.9 Å². The van der Waals surface area contributed by atoms with Gasteiger partial charge in [0.1, 0.15) is 11.0 Å². The number of hydrogen-bond acceptors (Lipinski definition) is 4. The Balaban J connectivity index is 1.32. The van der Waals surface area contributed by atoms with E-state index >= 15 is 0 Å². The standard InChI is InChI=1S/C18H19N5O/c24-18(14-5-6-16-17(11-14)21-22-20-16)19-8-10-23-9-7-13-3-1-2-4-15(13)12-23/h1-6,11H,7-10,12H2,(H,19,24)(H,20,21,22). The molecule has 6 nitrogen and oxygen atoms in total. The lowest BCUT2D eigenvalue weighted by atomic mass is 10.00. The van der Waals surface area contributed by atoms with Crippen LogP contribution in [0, 0.1) is 0 Å². The Bertz CT molecular complexity index is 872. The first-order valence-corrected chi connectivity index (χ1v) is 8.17. The zero-order valence-electron chi connectivity index (χ0n) is 13.3. The van der Waals surface area contributed by atoms with Crippen LogP contribution in [0.5, 0.6) is 0 Å². The number of aromatic nitrogens is 3. The number of carbonyl (C=O) groups excluding carboxylic acids is 1. The van der Waals surface area contributed by atoms with Gasteiger partial charge in [0.2, 0.25) is 0 Å². The molecule has 1 aliphatic rings. The van der Waals surface area contributed by atoms with Crippen LogP contribution < -0.4 is 5.32 Å². The van der Waals surface area contributed by atoms with E-state index in [0.717, 1.165) is 31.6 Å². The van der Waals surface area contributed by atoms with E-state index in [1.165, 1.54) is 11.1 Å². The molecule has 2 N–H and O–H groups in total. The molecule has 24 heavy (non-hydrogen) atoms. The van der Waals surface area contributed by atoms with Crippen LogP contribution in [0.15, 0.2) is 42.5 Å². The van der Waals surface area contributed by atoms with Gasteiger partial charge in [0.25, 0.3) is 5.91 Å². The smallest absolute Gasteiger partial charge is 0.251 e. The second kappa shape index (κ2) is 6.41. The highest BCUT2D eigenvalue weighted by molar-refractivity contribution is 5.97. The highest BCUT2D eigenvalue weighted by atomic mass is 16.1.